The Morgan fingerprint density at radius 3 is 2.66 bits per heavy atom. The lowest BCUT2D eigenvalue weighted by molar-refractivity contribution is -0.129. The number of fused-ring (bicyclic) bond motifs is 3. The molecule has 0 radical (unpaired) electrons. The first-order chi connectivity index (χ1) is 18.1. The van der Waals surface area contributed by atoms with Gasteiger partial charge in [-0.15, -0.1) is 11.3 Å². The fourth-order valence-corrected chi connectivity index (χ4v) is 6.41. The van der Waals surface area contributed by atoms with Crippen molar-refractivity contribution in [2.45, 2.75) is 25.0 Å². The first-order valence-corrected chi connectivity index (χ1v) is 13.5. The van der Waals surface area contributed by atoms with Gasteiger partial charge in [-0.05, 0) is 42.3 Å². The fourth-order valence-electron chi connectivity index (χ4n) is 4.15. The van der Waals surface area contributed by atoms with E-state index < -0.39 is 28.9 Å². The van der Waals surface area contributed by atoms with Gasteiger partial charge in [0.1, 0.15) is 22.3 Å². The van der Waals surface area contributed by atoms with Gasteiger partial charge in [0.15, 0.2) is 5.16 Å². The zero-order chi connectivity index (χ0) is 27.1. The Balaban J connectivity index is 1.54. The summed E-state index contributed by atoms with van der Waals surface area (Å²) < 4.78 is 42.3. The minimum atomic E-state index is -0.926. The number of amides is 2. The molecular weight excluding hydrogens is 561 g/mol. The number of nitrogens with zero attached hydrogens (tertiary/aromatic N) is 3. The summed E-state index contributed by atoms with van der Waals surface area (Å²) in [5.41, 5.74) is 0.454. The summed E-state index contributed by atoms with van der Waals surface area (Å²) in [4.78, 5) is 45.9. The lowest BCUT2D eigenvalue weighted by atomic mass is 10.1. The third kappa shape index (κ3) is 5.03. The van der Waals surface area contributed by atoms with Gasteiger partial charge in [0.25, 0.3) is 5.56 Å². The van der Waals surface area contributed by atoms with Crippen LogP contribution in [0.2, 0.25) is 5.02 Å². The van der Waals surface area contributed by atoms with E-state index in [9.17, 15) is 27.6 Å². The molecule has 1 aliphatic heterocycles. The van der Waals surface area contributed by atoms with Gasteiger partial charge < -0.3 is 10.2 Å². The van der Waals surface area contributed by atoms with Crippen molar-refractivity contribution in [1.82, 2.24) is 14.5 Å². The number of thiophene rings is 1. The van der Waals surface area contributed by atoms with Gasteiger partial charge in [-0.1, -0.05) is 23.4 Å². The lowest BCUT2D eigenvalue weighted by Crippen LogP contribution is -2.34. The van der Waals surface area contributed by atoms with Crippen LogP contribution in [0.5, 0.6) is 0 Å². The smallest absolute Gasteiger partial charge is 0.267 e. The predicted octanol–water partition coefficient (Wildman–Crippen LogP) is 5.15. The number of carbonyl (C=O) groups excluding carboxylic acids is 2. The van der Waals surface area contributed by atoms with Crippen molar-refractivity contribution < 1.29 is 22.8 Å². The molecule has 196 valence electrons. The van der Waals surface area contributed by atoms with Crippen molar-refractivity contribution >= 4 is 62.4 Å². The van der Waals surface area contributed by atoms with Crippen LogP contribution in [0.15, 0.2) is 46.3 Å². The van der Waals surface area contributed by atoms with Gasteiger partial charge >= 0.3 is 0 Å². The molecule has 13 heteroatoms. The highest BCUT2D eigenvalue weighted by molar-refractivity contribution is 7.99. The largest absolute Gasteiger partial charge is 0.337 e. The van der Waals surface area contributed by atoms with E-state index in [0.29, 0.717) is 35.8 Å². The molecule has 4 aromatic rings. The Bertz CT molecular complexity index is 1670. The molecule has 1 N–H and O–H groups in total. The summed E-state index contributed by atoms with van der Waals surface area (Å²) in [6, 6.07) is 6.57. The van der Waals surface area contributed by atoms with E-state index in [0.717, 1.165) is 40.4 Å². The molecule has 0 saturated carbocycles. The Hall–Kier alpha value is -3.35. The average Bonchev–Trinajstić information content (AvgIpc) is 3.24. The molecule has 0 saturated heterocycles. The third-order valence-corrected chi connectivity index (χ3v) is 8.33. The molecule has 0 fully saturated rings. The third-order valence-electron chi connectivity index (χ3n) is 5.99. The van der Waals surface area contributed by atoms with Crippen LogP contribution in [0, 0.1) is 17.5 Å². The number of halogens is 4. The number of hydrogen-bond acceptors (Lipinski definition) is 6. The first kappa shape index (κ1) is 26.3. The van der Waals surface area contributed by atoms with E-state index >= 15 is 0 Å². The molecule has 38 heavy (non-hydrogen) atoms. The molecule has 2 aromatic heterocycles. The summed E-state index contributed by atoms with van der Waals surface area (Å²) in [6.07, 6.45) is 0.480. The minimum absolute atomic E-state index is 0.0701. The first-order valence-electron chi connectivity index (χ1n) is 11.3. The van der Waals surface area contributed by atoms with Crippen molar-refractivity contribution in [2.24, 2.45) is 0 Å². The van der Waals surface area contributed by atoms with Gasteiger partial charge in [0, 0.05) is 24.4 Å². The highest BCUT2D eigenvalue weighted by atomic mass is 35.5. The maximum Gasteiger partial charge on any atom is 0.267 e. The Labute approximate surface area is 227 Å². The van der Waals surface area contributed by atoms with Gasteiger partial charge in [0.2, 0.25) is 11.8 Å². The second-order valence-electron chi connectivity index (χ2n) is 8.47. The van der Waals surface area contributed by atoms with Crippen molar-refractivity contribution in [3.8, 4) is 5.69 Å². The van der Waals surface area contributed by atoms with Crippen LogP contribution in [0.3, 0.4) is 0 Å². The Kier molecular flexibility index (Phi) is 7.21. The second kappa shape index (κ2) is 10.4. The van der Waals surface area contributed by atoms with Crippen LogP contribution < -0.4 is 10.9 Å². The maximum atomic E-state index is 14.0. The number of carbonyl (C=O) groups is 2. The van der Waals surface area contributed by atoms with Gasteiger partial charge in [-0.3, -0.25) is 19.0 Å². The molecule has 0 unspecified atom stereocenters. The zero-order valence-electron chi connectivity index (χ0n) is 19.7. The van der Waals surface area contributed by atoms with E-state index in [1.165, 1.54) is 35.0 Å². The number of nitrogens with one attached hydrogen (secondary N) is 1. The average molecular weight is 579 g/mol. The van der Waals surface area contributed by atoms with Crippen molar-refractivity contribution in [1.29, 1.82) is 0 Å². The van der Waals surface area contributed by atoms with Crippen LogP contribution >= 0.6 is 34.7 Å². The maximum absolute atomic E-state index is 14.0. The normalized spacial score (nSPS) is 13.0. The SMILES string of the molecule is CC(=O)N1CCc2c(sc3nc(SCC(=O)Nc4ccc(F)cc4F)n(-c4ccc(F)c(Cl)c4)c(=O)c23)C1. The summed E-state index contributed by atoms with van der Waals surface area (Å²) in [5.74, 6) is -3.30. The number of rotatable bonds is 5. The number of hydrogen-bond donors (Lipinski definition) is 1. The summed E-state index contributed by atoms with van der Waals surface area (Å²) in [6.45, 7) is 2.31. The van der Waals surface area contributed by atoms with E-state index in [1.807, 2.05) is 0 Å². The van der Waals surface area contributed by atoms with Gasteiger partial charge in [-0.2, -0.15) is 0 Å². The monoisotopic (exact) mass is 578 g/mol. The molecule has 5 rings (SSSR count). The highest BCUT2D eigenvalue weighted by Gasteiger charge is 2.27. The predicted molar refractivity (Wildman–Crippen MR) is 141 cm³/mol. The minimum Gasteiger partial charge on any atom is -0.337 e. The molecule has 3 heterocycles. The molecule has 0 aliphatic carbocycles. The Morgan fingerprint density at radius 1 is 1.16 bits per heavy atom. The van der Waals surface area contributed by atoms with E-state index in [4.69, 9.17) is 11.6 Å². The number of benzene rings is 2. The van der Waals surface area contributed by atoms with Crippen molar-refractivity contribution in [3.63, 3.8) is 0 Å². The quantitative estimate of drug-likeness (QED) is 0.261. The molecular formula is C25H18ClF3N4O3S2. The highest BCUT2D eigenvalue weighted by Crippen LogP contribution is 2.34. The van der Waals surface area contributed by atoms with Crippen LogP contribution in [0.25, 0.3) is 15.9 Å². The van der Waals surface area contributed by atoms with Crippen LogP contribution in [-0.4, -0.2) is 38.6 Å². The summed E-state index contributed by atoms with van der Waals surface area (Å²) in [5, 5.41) is 2.71. The summed E-state index contributed by atoms with van der Waals surface area (Å²) in [7, 11) is 0. The van der Waals surface area contributed by atoms with Crippen LogP contribution in [0.1, 0.15) is 17.4 Å². The number of anilines is 1. The fraction of sp³-hybridized carbons (Fsp3) is 0.200. The molecule has 2 amide bonds. The van der Waals surface area contributed by atoms with Crippen LogP contribution in [-0.2, 0) is 22.6 Å². The van der Waals surface area contributed by atoms with E-state index in [2.05, 4.69) is 10.3 Å². The molecule has 0 bridgehead atoms. The lowest BCUT2D eigenvalue weighted by Gasteiger charge is -2.25. The Morgan fingerprint density at radius 2 is 1.95 bits per heavy atom. The molecule has 0 spiro atoms. The number of thioether (sulfide) groups is 1. The standard InChI is InChI=1S/C25H18ClF3N4O3S2/c1-12(34)32-7-6-15-20(10-32)38-23-22(15)24(36)33(14-3-4-17(28)16(26)9-14)25(31-23)37-11-21(35)30-19-5-2-13(27)8-18(19)29/h2-5,8-9H,6-7,10-11H2,1H3,(H,30,35). The van der Waals surface area contributed by atoms with Crippen LogP contribution in [0.4, 0.5) is 18.9 Å². The molecule has 7 nitrogen and oxygen atoms in total. The van der Waals surface area contributed by atoms with Crippen molar-refractivity contribution in [2.75, 3.05) is 17.6 Å². The molecule has 0 atom stereocenters. The molecule has 1 aliphatic rings. The van der Waals surface area contributed by atoms with E-state index in [1.54, 1.807) is 4.90 Å². The van der Waals surface area contributed by atoms with Crippen molar-refractivity contribution in [3.05, 3.63) is 79.7 Å². The second-order valence-corrected chi connectivity index (χ2v) is 10.9. The number of aromatic nitrogens is 2. The topological polar surface area (TPSA) is 84.3 Å². The summed E-state index contributed by atoms with van der Waals surface area (Å²) >= 11 is 8.20. The zero-order valence-corrected chi connectivity index (χ0v) is 22.1. The molecule has 2 aromatic carbocycles. The van der Waals surface area contributed by atoms with E-state index in [-0.39, 0.29) is 33.2 Å². The van der Waals surface area contributed by atoms with Gasteiger partial charge in [-0.25, -0.2) is 18.2 Å². The van der Waals surface area contributed by atoms with Gasteiger partial charge in [0.05, 0.1) is 34.1 Å².